The first-order valence-electron chi connectivity index (χ1n) is 7.15. The summed E-state index contributed by atoms with van der Waals surface area (Å²) in [5.41, 5.74) is 1.27. The lowest BCUT2D eigenvalue weighted by Gasteiger charge is -2.05. The number of hydrogen-bond donors (Lipinski definition) is 1. The van der Waals surface area contributed by atoms with E-state index in [9.17, 15) is 14.9 Å². The van der Waals surface area contributed by atoms with E-state index in [-0.39, 0.29) is 11.6 Å². The average Bonchev–Trinajstić information content (AvgIpc) is 2.56. The number of halogens is 1. The standard InChI is InChI=1S/C17H15BrN2O4/c1-2-24-14-7-3-12(4-8-14)5-10-17(21)19-16-9-6-13(20(22)23)11-15(16)18/h3-11H,2H2,1H3,(H,19,21). The zero-order valence-corrected chi connectivity index (χ0v) is 14.4. The summed E-state index contributed by atoms with van der Waals surface area (Å²) in [6.07, 6.45) is 3.06. The molecule has 0 unspecified atom stereocenters. The second-order valence-electron chi connectivity index (χ2n) is 4.75. The molecule has 7 heteroatoms. The van der Waals surface area contributed by atoms with Gasteiger partial charge in [-0.15, -0.1) is 0 Å². The Labute approximate surface area is 147 Å². The van der Waals surface area contributed by atoms with E-state index < -0.39 is 4.92 Å². The van der Waals surface area contributed by atoms with Crippen LogP contribution in [0, 0.1) is 10.1 Å². The molecule has 0 aliphatic carbocycles. The molecule has 0 saturated heterocycles. The third-order valence-electron chi connectivity index (χ3n) is 3.04. The van der Waals surface area contributed by atoms with E-state index in [1.165, 1.54) is 24.3 Å². The van der Waals surface area contributed by atoms with Gasteiger partial charge in [0.25, 0.3) is 5.69 Å². The summed E-state index contributed by atoms with van der Waals surface area (Å²) in [6.45, 7) is 2.51. The highest BCUT2D eigenvalue weighted by Crippen LogP contribution is 2.27. The zero-order chi connectivity index (χ0) is 17.5. The number of nitrogens with one attached hydrogen (secondary N) is 1. The molecule has 1 amide bonds. The molecule has 0 radical (unpaired) electrons. The normalized spacial score (nSPS) is 10.6. The predicted octanol–water partition coefficient (Wildman–Crippen LogP) is 4.41. The van der Waals surface area contributed by atoms with Crippen molar-refractivity contribution in [2.45, 2.75) is 6.92 Å². The van der Waals surface area contributed by atoms with Crippen LogP contribution in [0.4, 0.5) is 11.4 Å². The second-order valence-corrected chi connectivity index (χ2v) is 5.60. The minimum absolute atomic E-state index is 0.0511. The van der Waals surface area contributed by atoms with E-state index in [2.05, 4.69) is 21.2 Å². The summed E-state index contributed by atoms with van der Waals surface area (Å²) in [6, 6.07) is 11.5. The fourth-order valence-corrected chi connectivity index (χ4v) is 2.37. The van der Waals surface area contributed by atoms with Gasteiger partial charge in [0.15, 0.2) is 0 Å². The van der Waals surface area contributed by atoms with Gasteiger partial charge in [0.05, 0.1) is 17.2 Å². The van der Waals surface area contributed by atoms with Crippen molar-refractivity contribution in [3.63, 3.8) is 0 Å². The monoisotopic (exact) mass is 390 g/mol. The Morgan fingerprint density at radius 3 is 2.58 bits per heavy atom. The van der Waals surface area contributed by atoms with Gasteiger partial charge < -0.3 is 10.1 Å². The molecule has 0 aromatic heterocycles. The van der Waals surface area contributed by atoms with E-state index in [1.54, 1.807) is 6.08 Å². The van der Waals surface area contributed by atoms with E-state index in [1.807, 2.05) is 31.2 Å². The highest BCUT2D eigenvalue weighted by Gasteiger charge is 2.10. The van der Waals surface area contributed by atoms with Crippen LogP contribution in [-0.4, -0.2) is 17.4 Å². The average molecular weight is 391 g/mol. The smallest absolute Gasteiger partial charge is 0.270 e. The number of carbonyl (C=O) groups is 1. The van der Waals surface area contributed by atoms with Crippen molar-refractivity contribution in [1.82, 2.24) is 0 Å². The molecule has 0 heterocycles. The van der Waals surface area contributed by atoms with Crippen LogP contribution in [0.2, 0.25) is 0 Å². The van der Waals surface area contributed by atoms with Crippen molar-refractivity contribution in [1.29, 1.82) is 0 Å². The summed E-state index contributed by atoms with van der Waals surface area (Å²) in [7, 11) is 0. The van der Waals surface area contributed by atoms with Gasteiger partial charge in [-0.25, -0.2) is 0 Å². The Bertz CT molecular complexity index is 773. The van der Waals surface area contributed by atoms with E-state index in [0.717, 1.165) is 11.3 Å². The molecule has 0 aliphatic heterocycles. The summed E-state index contributed by atoms with van der Waals surface area (Å²) in [5.74, 6) is 0.437. The van der Waals surface area contributed by atoms with E-state index in [0.29, 0.717) is 16.8 Å². The maximum Gasteiger partial charge on any atom is 0.270 e. The lowest BCUT2D eigenvalue weighted by molar-refractivity contribution is -0.384. The van der Waals surface area contributed by atoms with Gasteiger partial charge >= 0.3 is 0 Å². The largest absolute Gasteiger partial charge is 0.494 e. The van der Waals surface area contributed by atoms with Crippen molar-refractivity contribution < 1.29 is 14.5 Å². The summed E-state index contributed by atoms with van der Waals surface area (Å²) in [4.78, 5) is 22.1. The number of carbonyl (C=O) groups excluding carboxylic acids is 1. The van der Waals surface area contributed by atoms with E-state index >= 15 is 0 Å². The Morgan fingerprint density at radius 2 is 2.00 bits per heavy atom. The molecule has 0 bridgehead atoms. The number of nitro benzene ring substituents is 1. The van der Waals surface area contributed by atoms with Crippen LogP contribution < -0.4 is 10.1 Å². The Kier molecular flexibility index (Phi) is 6.08. The van der Waals surface area contributed by atoms with Crippen LogP contribution in [0.3, 0.4) is 0 Å². The van der Waals surface area contributed by atoms with Crippen molar-refractivity contribution in [3.05, 3.63) is 68.7 Å². The molecule has 24 heavy (non-hydrogen) atoms. The van der Waals surface area contributed by atoms with Gasteiger partial charge in [-0.05, 0) is 52.7 Å². The fraction of sp³-hybridized carbons (Fsp3) is 0.118. The number of amides is 1. The molecule has 124 valence electrons. The fourth-order valence-electron chi connectivity index (χ4n) is 1.91. The third kappa shape index (κ3) is 4.92. The van der Waals surface area contributed by atoms with Crippen LogP contribution in [0.1, 0.15) is 12.5 Å². The molecular weight excluding hydrogens is 376 g/mol. The van der Waals surface area contributed by atoms with Gasteiger partial charge in [-0.2, -0.15) is 0 Å². The maximum absolute atomic E-state index is 11.9. The van der Waals surface area contributed by atoms with Crippen LogP contribution in [-0.2, 0) is 4.79 Å². The first-order valence-corrected chi connectivity index (χ1v) is 7.94. The molecule has 0 fully saturated rings. The Morgan fingerprint density at radius 1 is 1.29 bits per heavy atom. The number of ether oxygens (including phenoxy) is 1. The molecular formula is C17H15BrN2O4. The quantitative estimate of drug-likeness (QED) is 0.449. The van der Waals surface area contributed by atoms with Crippen LogP contribution in [0.25, 0.3) is 6.08 Å². The number of rotatable bonds is 6. The molecule has 0 aliphatic rings. The number of non-ortho nitro benzene ring substituents is 1. The summed E-state index contributed by atoms with van der Waals surface area (Å²) < 4.78 is 5.79. The molecule has 2 aromatic carbocycles. The van der Waals surface area contributed by atoms with E-state index in [4.69, 9.17) is 4.74 Å². The molecule has 0 saturated carbocycles. The molecule has 0 spiro atoms. The maximum atomic E-state index is 11.9. The number of nitro groups is 1. The molecule has 1 N–H and O–H groups in total. The molecule has 6 nitrogen and oxygen atoms in total. The van der Waals surface area contributed by atoms with Crippen LogP contribution in [0.15, 0.2) is 53.0 Å². The lowest BCUT2D eigenvalue weighted by Crippen LogP contribution is -2.08. The van der Waals surface area contributed by atoms with Crippen molar-refractivity contribution >= 4 is 39.3 Å². The van der Waals surface area contributed by atoms with Gasteiger partial charge in [0.2, 0.25) is 5.91 Å². The molecule has 2 aromatic rings. The topological polar surface area (TPSA) is 81.5 Å². The van der Waals surface area contributed by atoms with Gasteiger partial charge in [-0.3, -0.25) is 14.9 Å². The Hall–Kier alpha value is -2.67. The highest BCUT2D eigenvalue weighted by molar-refractivity contribution is 9.10. The SMILES string of the molecule is CCOc1ccc(C=CC(=O)Nc2ccc([N+](=O)[O-])cc2Br)cc1. The van der Waals surface area contributed by atoms with Crippen molar-refractivity contribution in [3.8, 4) is 5.75 Å². The number of anilines is 1. The van der Waals surface area contributed by atoms with Crippen LogP contribution in [0.5, 0.6) is 5.75 Å². The second kappa shape index (κ2) is 8.26. The van der Waals surface area contributed by atoms with Gasteiger partial charge in [0.1, 0.15) is 5.75 Å². The predicted molar refractivity (Wildman–Crippen MR) is 96.1 cm³/mol. The first kappa shape index (κ1) is 17.7. The van der Waals surface area contributed by atoms with Gasteiger partial charge in [-0.1, -0.05) is 12.1 Å². The molecule has 2 rings (SSSR count). The van der Waals surface area contributed by atoms with Crippen molar-refractivity contribution in [2.75, 3.05) is 11.9 Å². The number of hydrogen-bond acceptors (Lipinski definition) is 4. The third-order valence-corrected chi connectivity index (χ3v) is 3.70. The first-order chi connectivity index (χ1) is 11.5. The number of nitrogens with zero attached hydrogens (tertiary/aromatic N) is 1. The summed E-state index contributed by atoms with van der Waals surface area (Å²) >= 11 is 3.21. The minimum Gasteiger partial charge on any atom is -0.494 e. The van der Waals surface area contributed by atoms with Gasteiger partial charge in [0, 0.05) is 22.7 Å². The molecule has 0 atom stereocenters. The Balaban J connectivity index is 2.01. The minimum atomic E-state index is -0.498. The number of benzene rings is 2. The van der Waals surface area contributed by atoms with Crippen LogP contribution >= 0.6 is 15.9 Å². The summed E-state index contributed by atoms with van der Waals surface area (Å²) in [5, 5.41) is 13.3. The highest BCUT2D eigenvalue weighted by atomic mass is 79.9. The lowest BCUT2D eigenvalue weighted by atomic mass is 10.2. The van der Waals surface area contributed by atoms with Crippen molar-refractivity contribution in [2.24, 2.45) is 0 Å². The zero-order valence-electron chi connectivity index (χ0n) is 12.9.